The van der Waals surface area contributed by atoms with Crippen LogP contribution in [-0.2, 0) is 9.84 Å². The highest BCUT2D eigenvalue weighted by Gasteiger charge is 2.24. The van der Waals surface area contributed by atoms with Crippen molar-refractivity contribution in [2.75, 3.05) is 16.8 Å². The second-order valence-electron chi connectivity index (χ2n) is 5.81. The number of amides is 1. The molecule has 0 bridgehead atoms. The van der Waals surface area contributed by atoms with E-state index in [2.05, 4.69) is 10.6 Å². The zero-order valence-corrected chi connectivity index (χ0v) is 13.2. The zero-order valence-electron chi connectivity index (χ0n) is 12.4. The summed E-state index contributed by atoms with van der Waals surface area (Å²) in [5.41, 5.74) is 1.36. The molecule has 2 N–H and O–H groups in total. The summed E-state index contributed by atoms with van der Waals surface area (Å²) in [7, 11) is -2.94. The molecule has 0 aromatic heterocycles. The number of hydrogen-bond donors (Lipinski definition) is 2. The highest BCUT2D eigenvalue weighted by molar-refractivity contribution is 7.91. The monoisotopic (exact) mass is 310 g/mol. The normalized spacial score (nSPS) is 21.0. The number of anilines is 1. The fraction of sp³-hybridized carbons (Fsp3) is 0.533. The second-order valence-corrected chi connectivity index (χ2v) is 8.04. The van der Waals surface area contributed by atoms with Crippen molar-refractivity contribution in [2.24, 2.45) is 0 Å². The van der Waals surface area contributed by atoms with E-state index in [-0.39, 0.29) is 29.5 Å². The first kappa shape index (κ1) is 15.8. The van der Waals surface area contributed by atoms with Crippen molar-refractivity contribution in [2.45, 2.75) is 38.8 Å². The molecule has 0 saturated carbocycles. The Labute approximate surface area is 126 Å². The third kappa shape index (κ3) is 4.74. The minimum atomic E-state index is -2.94. The molecule has 116 valence electrons. The van der Waals surface area contributed by atoms with Gasteiger partial charge in [0.25, 0.3) is 5.91 Å². The number of carbonyl (C=O) groups is 1. The molecule has 21 heavy (non-hydrogen) atoms. The summed E-state index contributed by atoms with van der Waals surface area (Å²) in [5, 5.41) is 6.07. The molecule has 1 heterocycles. The molecule has 1 aromatic carbocycles. The maximum absolute atomic E-state index is 12.0. The molecule has 0 radical (unpaired) electrons. The molecule has 1 fully saturated rings. The van der Waals surface area contributed by atoms with Crippen molar-refractivity contribution in [1.82, 2.24) is 5.32 Å². The Morgan fingerprint density at radius 3 is 2.76 bits per heavy atom. The van der Waals surface area contributed by atoms with Crippen LogP contribution >= 0.6 is 0 Å². The van der Waals surface area contributed by atoms with Gasteiger partial charge in [0.1, 0.15) is 0 Å². The molecule has 1 unspecified atom stereocenters. The summed E-state index contributed by atoms with van der Waals surface area (Å²) in [6.07, 6.45) is 1.52. The first-order chi connectivity index (χ1) is 9.85. The third-order valence-corrected chi connectivity index (χ3v) is 5.20. The first-order valence-corrected chi connectivity index (χ1v) is 9.06. The van der Waals surface area contributed by atoms with Gasteiger partial charge in [0.15, 0.2) is 9.84 Å². The van der Waals surface area contributed by atoms with Gasteiger partial charge in [-0.05, 0) is 44.9 Å². The Hall–Kier alpha value is -1.56. The lowest BCUT2D eigenvalue weighted by atomic mass is 10.1. The predicted octanol–water partition coefficient (Wildman–Crippen LogP) is 1.81. The van der Waals surface area contributed by atoms with Gasteiger partial charge in [-0.15, -0.1) is 0 Å². The molecule has 1 aliphatic rings. The Bertz CT molecular complexity index is 611. The number of sulfone groups is 1. The van der Waals surface area contributed by atoms with Crippen molar-refractivity contribution in [1.29, 1.82) is 0 Å². The Kier molecular flexibility index (Phi) is 4.88. The van der Waals surface area contributed by atoms with Crippen LogP contribution in [0.15, 0.2) is 24.3 Å². The van der Waals surface area contributed by atoms with Crippen LogP contribution in [-0.4, -0.2) is 37.9 Å². The van der Waals surface area contributed by atoms with Crippen LogP contribution in [0.4, 0.5) is 5.69 Å². The number of nitrogens with one attached hydrogen (secondary N) is 2. The number of rotatable bonds is 4. The fourth-order valence-corrected chi connectivity index (χ4v) is 4.10. The standard InChI is InChI=1S/C15H22N2O3S/c1-11(2)16-15(18)12-5-3-6-13(9-12)17-14-7-4-8-21(19,20)10-14/h3,5-6,9,11,14,17H,4,7-8,10H2,1-2H3,(H,16,18). The van der Waals surface area contributed by atoms with Crippen molar-refractivity contribution in [3.05, 3.63) is 29.8 Å². The average molecular weight is 310 g/mol. The molecule has 1 amide bonds. The van der Waals surface area contributed by atoms with E-state index in [1.165, 1.54) is 0 Å². The number of carbonyl (C=O) groups excluding carboxylic acids is 1. The molecule has 1 aliphatic heterocycles. The smallest absolute Gasteiger partial charge is 0.251 e. The van der Waals surface area contributed by atoms with Gasteiger partial charge in [-0.2, -0.15) is 0 Å². The summed E-state index contributed by atoms with van der Waals surface area (Å²) in [6.45, 7) is 3.82. The van der Waals surface area contributed by atoms with Crippen molar-refractivity contribution < 1.29 is 13.2 Å². The predicted molar refractivity (Wildman–Crippen MR) is 84.3 cm³/mol. The third-order valence-electron chi connectivity index (χ3n) is 3.38. The molecule has 0 aliphatic carbocycles. The molecule has 1 atom stereocenters. The molecule has 1 saturated heterocycles. The molecule has 5 nitrogen and oxygen atoms in total. The van der Waals surface area contributed by atoms with Crippen molar-refractivity contribution in [3.63, 3.8) is 0 Å². The quantitative estimate of drug-likeness (QED) is 0.889. The van der Waals surface area contributed by atoms with Gasteiger partial charge in [0, 0.05) is 23.3 Å². The topological polar surface area (TPSA) is 75.3 Å². The Morgan fingerprint density at radius 2 is 2.10 bits per heavy atom. The van der Waals surface area contributed by atoms with Crippen LogP contribution in [0.2, 0.25) is 0 Å². The summed E-state index contributed by atoms with van der Waals surface area (Å²) in [5.74, 6) is 0.321. The van der Waals surface area contributed by atoms with E-state index in [9.17, 15) is 13.2 Å². The van der Waals surface area contributed by atoms with Crippen LogP contribution in [0.1, 0.15) is 37.0 Å². The minimum absolute atomic E-state index is 0.0767. The second kappa shape index (κ2) is 6.47. The summed E-state index contributed by atoms with van der Waals surface area (Å²) in [4.78, 5) is 12.0. The lowest BCUT2D eigenvalue weighted by Crippen LogP contribution is -2.35. The Balaban J connectivity index is 2.06. The van der Waals surface area contributed by atoms with Crippen LogP contribution in [0.3, 0.4) is 0 Å². The van der Waals surface area contributed by atoms with E-state index in [1.807, 2.05) is 19.9 Å². The molecule has 2 rings (SSSR count). The molecular weight excluding hydrogens is 288 g/mol. The SMILES string of the molecule is CC(C)NC(=O)c1cccc(NC2CCCS(=O)(=O)C2)c1. The maximum Gasteiger partial charge on any atom is 0.251 e. The number of hydrogen-bond acceptors (Lipinski definition) is 4. The average Bonchev–Trinajstić information content (AvgIpc) is 2.37. The molecule has 6 heteroatoms. The largest absolute Gasteiger partial charge is 0.381 e. The van der Waals surface area contributed by atoms with Gasteiger partial charge >= 0.3 is 0 Å². The van der Waals surface area contributed by atoms with E-state index < -0.39 is 9.84 Å². The summed E-state index contributed by atoms with van der Waals surface area (Å²) in [6, 6.07) is 7.17. The van der Waals surface area contributed by atoms with Gasteiger partial charge in [-0.1, -0.05) is 6.07 Å². The first-order valence-electron chi connectivity index (χ1n) is 7.23. The lowest BCUT2D eigenvalue weighted by Gasteiger charge is -2.24. The van der Waals surface area contributed by atoms with Crippen molar-refractivity contribution >= 4 is 21.4 Å². The van der Waals surface area contributed by atoms with E-state index in [0.29, 0.717) is 12.0 Å². The highest BCUT2D eigenvalue weighted by atomic mass is 32.2. The van der Waals surface area contributed by atoms with E-state index >= 15 is 0 Å². The van der Waals surface area contributed by atoms with E-state index in [4.69, 9.17) is 0 Å². The zero-order chi connectivity index (χ0) is 15.5. The molecular formula is C15H22N2O3S. The maximum atomic E-state index is 12.0. The fourth-order valence-electron chi connectivity index (χ4n) is 2.47. The van der Waals surface area contributed by atoms with Crippen LogP contribution in [0.25, 0.3) is 0 Å². The van der Waals surface area contributed by atoms with E-state index in [0.717, 1.165) is 12.1 Å². The van der Waals surface area contributed by atoms with Crippen molar-refractivity contribution in [3.8, 4) is 0 Å². The summed E-state index contributed by atoms with van der Waals surface area (Å²) < 4.78 is 23.3. The summed E-state index contributed by atoms with van der Waals surface area (Å²) >= 11 is 0. The van der Waals surface area contributed by atoms with E-state index in [1.54, 1.807) is 18.2 Å². The minimum Gasteiger partial charge on any atom is -0.381 e. The number of benzene rings is 1. The van der Waals surface area contributed by atoms with Gasteiger partial charge in [0.2, 0.25) is 0 Å². The highest BCUT2D eigenvalue weighted by Crippen LogP contribution is 2.18. The van der Waals surface area contributed by atoms with Gasteiger partial charge in [-0.25, -0.2) is 8.42 Å². The molecule has 1 aromatic rings. The van der Waals surface area contributed by atoms with Crippen LogP contribution in [0.5, 0.6) is 0 Å². The van der Waals surface area contributed by atoms with Crippen LogP contribution in [0, 0.1) is 0 Å². The van der Waals surface area contributed by atoms with Crippen LogP contribution < -0.4 is 10.6 Å². The lowest BCUT2D eigenvalue weighted by molar-refractivity contribution is 0.0943. The van der Waals surface area contributed by atoms with Gasteiger partial charge in [-0.3, -0.25) is 4.79 Å². The molecule has 0 spiro atoms. The van der Waals surface area contributed by atoms with Gasteiger partial charge in [0.05, 0.1) is 11.5 Å². The Morgan fingerprint density at radius 1 is 1.33 bits per heavy atom. The van der Waals surface area contributed by atoms with Gasteiger partial charge < -0.3 is 10.6 Å².